The van der Waals surface area contributed by atoms with Crippen LogP contribution >= 0.6 is 15.9 Å². The second kappa shape index (κ2) is 6.40. The smallest absolute Gasteiger partial charge is 0.0739 e. The van der Waals surface area contributed by atoms with E-state index in [0.29, 0.717) is 0 Å². The van der Waals surface area contributed by atoms with Crippen molar-refractivity contribution < 1.29 is 0 Å². The molecule has 4 heteroatoms. The molecule has 1 aromatic heterocycles. The third-order valence-corrected chi connectivity index (χ3v) is 5.43. The van der Waals surface area contributed by atoms with Crippen molar-refractivity contribution >= 4 is 15.9 Å². The van der Waals surface area contributed by atoms with E-state index in [9.17, 15) is 0 Å². The third kappa shape index (κ3) is 3.40. The minimum atomic E-state index is 0.831. The molecule has 1 aliphatic heterocycles. The SMILES string of the molecule is CCn1nc(C)c(Br)c1CN1CCC(C(C)C)CC1. The zero-order valence-electron chi connectivity index (χ0n) is 12.6. The Kier molecular flexibility index (Phi) is 5.07. The lowest BCUT2D eigenvalue weighted by molar-refractivity contribution is 0.148. The van der Waals surface area contributed by atoms with Crippen molar-refractivity contribution in [3.63, 3.8) is 0 Å². The van der Waals surface area contributed by atoms with E-state index in [0.717, 1.165) is 30.6 Å². The molecule has 0 bridgehead atoms. The summed E-state index contributed by atoms with van der Waals surface area (Å²) in [6.07, 6.45) is 2.68. The Hall–Kier alpha value is -0.350. The van der Waals surface area contributed by atoms with Gasteiger partial charge in [0.15, 0.2) is 0 Å². The lowest BCUT2D eigenvalue weighted by Crippen LogP contribution is -2.35. The van der Waals surface area contributed by atoms with Crippen LogP contribution in [0.4, 0.5) is 0 Å². The van der Waals surface area contributed by atoms with Gasteiger partial charge >= 0.3 is 0 Å². The summed E-state index contributed by atoms with van der Waals surface area (Å²) >= 11 is 3.69. The van der Waals surface area contributed by atoms with Gasteiger partial charge in [0.1, 0.15) is 0 Å². The topological polar surface area (TPSA) is 21.1 Å². The summed E-state index contributed by atoms with van der Waals surface area (Å²) in [5.41, 5.74) is 2.44. The molecule has 19 heavy (non-hydrogen) atoms. The lowest BCUT2D eigenvalue weighted by Gasteiger charge is -2.33. The molecule has 0 unspecified atom stereocenters. The lowest BCUT2D eigenvalue weighted by atomic mass is 9.87. The summed E-state index contributed by atoms with van der Waals surface area (Å²) in [5, 5.41) is 4.58. The van der Waals surface area contributed by atoms with Crippen LogP contribution in [0.5, 0.6) is 0 Å². The van der Waals surface area contributed by atoms with Crippen LogP contribution in [-0.2, 0) is 13.1 Å². The summed E-state index contributed by atoms with van der Waals surface area (Å²) in [4.78, 5) is 2.58. The Morgan fingerprint density at radius 2 is 1.95 bits per heavy atom. The van der Waals surface area contributed by atoms with E-state index in [1.807, 2.05) is 0 Å². The third-order valence-electron chi connectivity index (χ3n) is 4.40. The highest BCUT2D eigenvalue weighted by Crippen LogP contribution is 2.27. The highest BCUT2D eigenvalue weighted by molar-refractivity contribution is 9.10. The Bertz CT molecular complexity index is 417. The van der Waals surface area contributed by atoms with Crippen LogP contribution in [0.2, 0.25) is 0 Å². The molecule has 0 amide bonds. The van der Waals surface area contributed by atoms with Gasteiger partial charge in [0.2, 0.25) is 0 Å². The number of piperidine rings is 1. The van der Waals surface area contributed by atoms with Crippen LogP contribution in [0.1, 0.15) is 45.0 Å². The maximum absolute atomic E-state index is 4.58. The number of aryl methyl sites for hydroxylation is 2. The Morgan fingerprint density at radius 3 is 2.47 bits per heavy atom. The van der Waals surface area contributed by atoms with Crippen LogP contribution in [0.25, 0.3) is 0 Å². The van der Waals surface area contributed by atoms with E-state index in [1.165, 1.54) is 36.1 Å². The number of rotatable bonds is 4. The monoisotopic (exact) mass is 327 g/mol. The first-order valence-electron chi connectivity index (χ1n) is 7.47. The molecule has 0 radical (unpaired) electrons. The molecule has 3 nitrogen and oxygen atoms in total. The average Bonchev–Trinajstić information content (AvgIpc) is 2.67. The van der Waals surface area contributed by atoms with Gasteiger partial charge in [-0.25, -0.2) is 0 Å². The first kappa shape index (κ1) is 15.0. The number of likely N-dealkylation sites (tertiary alicyclic amines) is 1. The maximum atomic E-state index is 4.58. The molecule has 0 aliphatic carbocycles. The van der Waals surface area contributed by atoms with E-state index < -0.39 is 0 Å². The molecule has 1 aliphatic rings. The molecule has 0 saturated carbocycles. The average molecular weight is 328 g/mol. The standard InChI is InChI=1S/C15H26BrN3/c1-5-19-14(15(16)12(4)17-19)10-18-8-6-13(7-9-18)11(2)3/h11,13H,5-10H2,1-4H3. The quantitative estimate of drug-likeness (QED) is 0.837. The minimum Gasteiger partial charge on any atom is -0.297 e. The van der Waals surface area contributed by atoms with Gasteiger partial charge in [0, 0.05) is 13.1 Å². The van der Waals surface area contributed by atoms with E-state index in [1.54, 1.807) is 0 Å². The van der Waals surface area contributed by atoms with Crippen molar-refractivity contribution in [1.29, 1.82) is 0 Å². The first-order chi connectivity index (χ1) is 9.02. The van der Waals surface area contributed by atoms with Crippen LogP contribution in [0.15, 0.2) is 4.47 Å². The molecule has 1 aromatic rings. The molecular formula is C15H26BrN3. The highest BCUT2D eigenvalue weighted by atomic mass is 79.9. The predicted molar refractivity (Wildman–Crippen MR) is 83.2 cm³/mol. The summed E-state index contributed by atoms with van der Waals surface area (Å²) in [6.45, 7) is 13.4. The second-order valence-corrected chi connectivity index (χ2v) is 6.81. The molecule has 1 fully saturated rings. The fourth-order valence-corrected chi connectivity index (χ4v) is 3.42. The van der Waals surface area contributed by atoms with Gasteiger partial charge < -0.3 is 0 Å². The second-order valence-electron chi connectivity index (χ2n) is 6.02. The van der Waals surface area contributed by atoms with Crippen LogP contribution in [0, 0.1) is 18.8 Å². The van der Waals surface area contributed by atoms with Gasteiger partial charge in [-0.05, 0) is 67.5 Å². The normalized spacial score (nSPS) is 18.4. The van der Waals surface area contributed by atoms with E-state index >= 15 is 0 Å². The summed E-state index contributed by atoms with van der Waals surface area (Å²) in [6, 6.07) is 0. The fraction of sp³-hybridized carbons (Fsp3) is 0.800. The summed E-state index contributed by atoms with van der Waals surface area (Å²) in [7, 11) is 0. The number of hydrogen-bond donors (Lipinski definition) is 0. The van der Waals surface area contributed by atoms with Crippen molar-refractivity contribution in [2.45, 2.75) is 53.6 Å². The van der Waals surface area contributed by atoms with Crippen molar-refractivity contribution in [1.82, 2.24) is 14.7 Å². The molecule has 0 N–H and O–H groups in total. The van der Waals surface area contributed by atoms with E-state index in [4.69, 9.17) is 0 Å². The van der Waals surface area contributed by atoms with Gasteiger partial charge in [-0.2, -0.15) is 5.10 Å². The molecule has 1 saturated heterocycles. The fourth-order valence-electron chi connectivity index (χ4n) is 3.01. The maximum Gasteiger partial charge on any atom is 0.0739 e. The van der Waals surface area contributed by atoms with Crippen LogP contribution < -0.4 is 0 Å². The van der Waals surface area contributed by atoms with Crippen LogP contribution in [0.3, 0.4) is 0 Å². The zero-order valence-corrected chi connectivity index (χ0v) is 14.2. The number of halogens is 1. The number of nitrogens with zero attached hydrogens (tertiary/aromatic N) is 3. The van der Waals surface area contributed by atoms with E-state index in [2.05, 4.69) is 58.3 Å². The van der Waals surface area contributed by atoms with Gasteiger partial charge in [-0.1, -0.05) is 13.8 Å². The molecule has 0 spiro atoms. The molecule has 2 rings (SSSR count). The van der Waals surface area contributed by atoms with Crippen molar-refractivity contribution in [2.75, 3.05) is 13.1 Å². The van der Waals surface area contributed by atoms with E-state index in [-0.39, 0.29) is 0 Å². The number of hydrogen-bond acceptors (Lipinski definition) is 2. The molecule has 0 atom stereocenters. The van der Waals surface area contributed by atoms with Gasteiger partial charge in [-0.3, -0.25) is 9.58 Å². The zero-order chi connectivity index (χ0) is 14.0. The molecule has 2 heterocycles. The predicted octanol–water partition coefficient (Wildman–Crippen LogP) is 3.84. The molecule has 0 aromatic carbocycles. The first-order valence-corrected chi connectivity index (χ1v) is 8.26. The van der Waals surface area contributed by atoms with Gasteiger partial charge in [0.25, 0.3) is 0 Å². The Morgan fingerprint density at radius 1 is 1.32 bits per heavy atom. The highest BCUT2D eigenvalue weighted by Gasteiger charge is 2.23. The number of aromatic nitrogens is 2. The van der Waals surface area contributed by atoms with Crippen LogP contribution in [-0.4, -0.2) is 27.8 Å². The minimum absolute atomic E-state index is 0.831. The largest absolute Gasteiger partial charge is 0.297 e. The van der Waals surface area contributed by atoms with Crippen molar-refractivity contribution in [3.05, 3.63) is 15.9 Å². The summed E-state index contributed by atoms with van der Waals surface area (Å²) < 4.78 is 3.33. The van der Waals surface area contributed by atoms with Crippen molar-refractivity contribution in [3.8, 4) is 0 Å². The Balaban J connectivity index is 1.99. The molecular weight excluding hydrogens is 302 g/mol. The molecule has 108 valence electrons. The van der Waals surface area contributed by atoms with Crippen molar-refractivity contribution in [2.24, 2.45) is 11.8 Å². The summed E-state index contributed by atoms with van der Waals surface area (Å²) in [5.74, 6) is 1.75. The van der Waals surface area contributed by atoms with Gasteiger partial charge in [0.05, 0.1) is 15.9 Å². The Labute approximate surface area is 125 Å². The van der Waals surface area contributed by atoms with Gasteiger partial charge in [-0.15, -0.1) is 0 Å².